The number of hydrogen-bond donors (Lipinski definition) is 0. The van der Waals surface area contributed by atoms with Gasteiger partial charge in [-0.15, -0.1) is 0 Å². The predicted octanol–water partition coefficient (Wildman–Crippen LogP) is 2.21. The largest absolute Gasteiger partial charge is 0.497 e. The fourth-order valence-corrected chi connectivity index (χ4v) is 1.50. The quantitative estimate of drug-likeness (QED) is 0.660. The van der Waals surface area contributed by atoms with Crippen LogP contribution in [-0.4, -0.2) is 12.9 Å². The molecule has 0 amide bonds. The Labute approximate surface area is 81.7 Å². The molecular formula is C11H12O2. The summed E-state index contributed by atoms with van der Waals surface area (Å²) in [6.07, 6.45) is 1.73. The Morgan fingerprint density at radius 3 is 3.08 bits per heavy atom. The maximum absolute atomic E-state index is 11.7. The van der Waals surface area contributed by atoms with E-state index in [0.29, 0.717) is 24.8 Å². The van der Waals surface area contributed by atoms with Gasteiger partial charge in [0, 0.05) is 12.0 Å². The number of rotatable bonds is 1. The third-order valence-electron chi connectivity index (χ3n) is 2.18. The van der Waals surface area contributed by atoms with Crippen LogP contribution in [0.4, 0.5) is 0 Å². The van der Waals surface area contributed by atoms with Crippen LogP contribution in [0.3, 0.4) is 0 Å². The lowest BCUT2D eigenvalue weighted by atomic mass is 9.91. The van der Waals surface area contributed by atoms with Crippen molar-refractivity contribution in [2.45, 2.75) is 19.3 Å². The van der Waals surface area contributed by atoms with Crippen molar-refractivity contribution in [3.63, 3.8) is 0 Å². The molecule has 1 aliphatic rings. The maximum Gasteiger partial charge on any atom is 0.163 e. The van der Waals surface area contributed by atoms with Gasteiger partial charge in [0.1, 0.15) is 5.75 Å². The van der Waals surface area contributed by atoms with Gasteiger partial charge in [0.05, 0.1) is 11.2 Å². The highest BCUT2D eigenvalue weighted by Gasteiger charge is 2.16. The molecule has 1 aliphatic carbocycles. The number of ether oxygens (including phenoxy) is 1. The molecule has 0 bridgehead atoms. The van der Waals surface area contributed by atoms with E-state index in [0.717, 1.165) is 0 Å². The Bertz CT molecular complexity index is 469. The number of Topliss-reactive ketones (excluding diaryl/α,β-unsaturated/α-hetero) is 1. The molecule has 0 atom stereocenters. The Morgan fingerprint density at radius 2 is 2.31 bits per heavy atom. The second-order valence-electron chi connectivity index (χ2n) is 3.04. The summed E-state index contributed by atoms with van der Waals surface area (Å²) in [4.78, 5) is 11.7. The monoisotopic (exact) mass is 179 g/mol. The zero-order chi connectivity index (χ0) is 11.9. The zero-order valence-electron chi connectivity index (χ0n) is 10.4. The third-order valence-corrected chi connectivity index (χ3v) is 2.18. The van der Waals surface area contributed by atoms with Crippen LogP contribution in [0.5, 0.6) is 5.75 Å². The third kappa shape index (κ3) is 1.44. The molecule has 0 unspecified atom stereocenters. The Kier molecular flexibility index (Phi) is 1.34. The Morgan fingerprint density at radius 1 is 1.46 bits per heavy atom. The minimum atomic E-state index is -0.165. The van der Waals surface area contributed by atoms with E-state index in [1.165, 1.54) is 7.11 Å². The topological polar surface area (TPSA) is 26.3 Å². The molecule has 0 saturated heterocycles. The van der Waals surface area contributed by atoms with Gasteiger partial charge in [0.15, 0.2) is 5.78 Å². The van der Waals surface area contributed by atoms with E-state index >= 15 is 0 Å². The van der Waals surface area contributed by atoms with Crippen LogP contribution in [0.1, 0.15) is 32.9 Å². The lowest BCUT2D eigenvalue weighted by Crippen LogP contribution is -2.10. The van der Waals surface area contributed by atoms with E-state index < -0.39 is 0 Å². The highest BCUT2D eigenvalue weighted by atomic mass is 16.5. The zero-order valence-corrected chi connectivity index (χ0v) is 7.44. The number of benzene rings is 1. The summed E-state index contributed by atoms with van der Waals surface area (Å²) < 4.78 is 28.3. The summed E-state index contributed by atoms with van der Waals surface area (Å²) >= 11 is 0. The highest BCUT2D eigenvalue weighted by molar-refractivity contribution is 5.98. The molecule has 2 nitrogen and oxygen atoms in total. The second-order valence-corrected chi connectivity index (χ2v) is 3.04. The highest BCUT2D eigenvalue weighted by Crippen LogP contribution is 2.24. The van der Waals surface area contributed by atoms with Gasteiger partial charge in [-0.05, 0) is 36.5 Å². The minimum Gasteiger partial charge on any atom is -0.497 e. The van der Waals surface area contributed by atoms with Crippen molar-refractivity contribution in [1.29, 1.82) is 0 Å². The van der Waals surface area contributed by atoms with E-state index in [9.17, 15) is 4.79 Å². The average Bonchev–Trinajstić information content (AvgIpc) is 2.27. The lowest BCUT2D eigenvalue weighted by Gasteiger charge is -2.14. The summed E-state index contributed by atoms with van der Waals surface area (Å²) in [5.41, 5.74) is 0.816. The molecule has 1 aromatic rings. The van der Waals surface area contributed by atoms with E-state index in [-0.39, 0.29) is 35.2 Å². The first kappa shape index (κ1) is 5.43. The first-order valence-corrected chi connectivity index (χ1v) is 4.27. The molecule has 0 fully saturated rings. The van der Waals surface area contributed by atoms with Crippen LogP contribution in [-0.2, 0) is 6.42 Å². The SMILES string of the molecule is [2H]c1c([2H])c2c(c([2H])c1OC)CCCC2=O. The van der Waals surface area contributed by atoms with Crippen LogP contribution >= 0.6 is 0 Å². The number of ketones is 1. The van der Waals surface area contributed by atoms with Crippen molar-refractivity contribution in [3.8, 4) is 5.75 Å². The molecule has 0 aromatic heterocycles. The molecular weight excluding hydrogens is 164 g/mol. The number of methoxy groups -OCH3 is 1. The number of fused-ring (bicyclic) bond motifs is 1. The van der Waals surface area contributed by atoms with Crippen molar-refractivity contribution in [1.82, 2.24) is 0 Å². The van der Waals surface area contributed by atoms with Crippen LogP contribution in [0, 0.1) is 0 Å². The van der Waals surface area contributed by atoms with Crippen LogP contribution in [0.2, 0.25) is 0 Å². The average molecular weight is 179 g/mol. The van der Waals surface area contributed by atoms with Gasteiger partial charge in [0.2, 0.25) is 0 Å². The van der Waals surface area contributed by atoms with Crippen molar-refractivity contribution in [3.05, 3.63) is 29.3 Å². The van der Waals surface area contributed by atoms with Gasteiger partial charge in [-0.25, -0.2) is 0 Å². The van der Waals surface area contributed by atoms with Gasteiger partial charge in [0.25, 0.3) is 0 Å². The lowest BCUT2D eigenvalue weighted by molar-refractivity contribution is 0.0972. The fourth-order valence-electron chi connectivity index (χ4n) is 1.50. The molecule has 68 valence electrons. The first-order chi connectivity index (χ1) is 7.57. The van der Waals surface area contributed by atoms with Gasteiger partial charge in [-0.1, -0.05) is 0 Å². The van der Waals surface area contributed by atoms with Crippen molar-refractivity contribution >= 4 is 5.78 Å². The van der Waals surface area contributed by atoms with Crippen molar-refractivity contribution in [2.75, 3.05) is 7.11 Å². The van der Waals surface area contributed by atoms with E-state index in [4.69, 9.17) is 8.85 Å². The predicted molar refractivity (Wildman–Crippen MR) is 50.3 cm³/mol. The van der Waals surface area contributed by atoms with E-state index in [1.54, 1.807) is 0 Å². The molecule has 0 radical (unpaired) electrons. The first-order valence-electron chi connectivity index (χ1n) is 5.77. The molecule has 13 heavy (non-hydrogen) atoms. The maximum atomic E-state index is 11.7. The van der Waals surface area contributed by atoms with Crippen LogP contribution in [0.15, 0.2) is 18.1 Å². The molecule has 0 heterocycles. The Balaban J connectivity index is 2.78. The van der Waals surface area contributed by atoms with Gasteiger partial charge in [-0.3, -0.25) is 4.79 Å². The summed E-state index contributed by atoms with van der Waals surface area (Å²) in [6.45, 7) is 0. The van der Waals surface area contributed by atoms with Gasteiger partial charge in [-0.2, -0.15) is 0 Å². The van der Waals surface area contributed by atoms with E-state index in [1.807, 2.05) is 0 Å². The van der Waals surface area contributed by atoms with Crippen LogP contribution < -0.4 is 4.74 Å². The summed E-state index contributed by atoms with van der Waals surface area (Å²) in [7, 11) is 1.38. The normalized spacial score (nSPS) is 18.5. The summed E-state index contributed by atoms with van der Waals surface area (Å²) in [5.74, 6) is -0.0330. The number of carbonyl (C=O) groups excluding carboxylic acids is 1. The van der Waals surface area contributed by atoms with Crippen molar-refractivity contribution in [2.24, 2.45) is 0 Å². The molecule has 2 heteroatoms. The number of hydrogen-bond acceptors (Lipinski definition) is 2. The van der Waals surface area contributed by atoms with Crippen molar-refractivity contribution < 1.29 is 13.6 Å². The fraction of sp³-hybridized carbons (Fsp3) is 0.364. The second kappa shape index (κ2) is 3.21. The smallest absolute Gasteiger partial charge is 0.163 e. The molecule has 0 spiro atoms. The Hall–Kier alpha value is -1.31. The minimum absolute atomic E-state index is 0.0894. The molecule has 0 aliphatic heterocycles. The van der Waals surface area contributed by atoms with Gasteiger partial charge >= 0.3 is 0 Å². The molecule has 0 saturated carbocycles. The molecule has 2 rings (SSSR count). The van der Waals surface area contributed by atoms with E-state index in [2.05, 4.69) is 0 Å². The number of carbonyl (C=O) groups is 1. The summed E-state index contributed by atoms with van der Waals surface area (Å²) in [6, 6.07) is -0.180. The standard InChI is InChI=1S/C11H12O2/c1-13-9-5-6-10-8(7-9)3-2-4-11(10)12/h5-7H,2-4H2,1H3/i5D,6D,7D. The summed E-state index contributed by atoms with van der Waals surface area (Å²) in [5, 5.41) is 0. The van der Waals surface area contributed by atoms with Gasteiger partial charge < -0.3 is 4.74 Å². The molecule has 0 N–H and O–H groups in total. The van der Waals surface area contributed by atoms with Crippen LogP contribution in [0.25, 0.3) is 0 Å². The molecule has 1 aromatic carbocycles.